The van der Waals surface area contributed by atoms with Crippen LogP contribution in [0.4, 0.5) is 5.69 Å². The molecule has 0 saturated heterocycles. The molecule has 0 aliphatic heterocycles. The maximum absolute atomic E-state index is 12.4. The number of furan rings is 1. The van der Waals surface area contributed by atoms with E-state index in [9.17, 15) is 13.2 Å². The zero-order chi connectivity index (χ0) is 16.3. The van der Waals surface area contributed by atoms with E-state index in [1.807, 2.05) is 5.38 Å². The van der Waals surface area contributed by atoms with Gasteiger partial charge in [0.25, 0.3) is 5.91 Å². The number of rotatable bonds is 5. The molecule has 0 fully saturated rings. The molecule has 0 unspecified atom stereocenters. The Morgan fingerprint density at radius 1 is 1.13 bits per heavy atom. The van der Waals surface area contributed by atoms with Gasteiger partial charge in [0.05, 0.1) is 22.6 Å². The summed E-state index contributed by atoms with van der Waals surface area (Å²) in [4.78, 5) is 12.4. The van der Waals surface area contributed by atoms with Crippen molar-refractivity contribution < 1.29 is 17.6 Å². The minimum atomic E-state index is -3.54. The summed E-state index contributed by atoms with van der Waals surface area (Å²) < 4.78 is 30.0. The molecule has 0 aliphatic carbocycles. The number of anilines is 1. The Morgan fingerprint density at radius 2 is 1.91 bits per heavy atom. The Morgan fingerprint density at radius 3 is 2.61 bits per heavy atom. The minimum Gasteiger partial charge on any atom is -0.459 e. The lowest BCUT2D eigenvalue weighted by atomic mass is 10.2. The minimum absolute atomic E-state index is 0.00991. The van der Waals surface area contributed by atoms with Crippen LogP contribution in [-0.4, -0.2) is 14.3 Å². The van der Waals surface area contributed by atoms with Crippen LogP contribution in [-0.2, 0) is 15.6 Å². The van der Waals surface area contributed by atoms with Crippen molar-refractivity contribution in [1.82, 2.24) is 0 Å². The zero-order valence-corrected chi connectivity index (χ0v) is 13.6. The maximum Gasteiger partial charge on any atom is 0.291 e. The molecule has 1 aromatic carbocycles. The van der Waals surface area contributed by atoms with Gasteiger partial charge in [0.15, 0.2) is 15.6 Å². The van der Waals surface area contributed by atoms with Gasteiger partial charge in [-0.2, -0.15) is 11.3 Å². The maximum atomic E-state index is 12.4. The van der Waals surface area contributed by atoms with Crippen molar-refractivity contribution in [2.45, 2.75) is 10.6 Å². The van der Waals surface area contributed by atoms with E-state index in [4.69, 9.17) is 4.42 Å². The summed E-state index contributed by atoms with van der Waals surface area (Å²) in [5.74, 6) is -0.748. The van der Waals surface area contributed by atoms with Gasteiger partial charge in [-0.05, 0) is 29.6 Å². The predicted molar refractivity (Wildman–Crippen MR) is 88.3 cm³/mol. The van der Waals surface area contributed by atoms with Gasteiger partial charge in [-0.1, -0.05) is 18.2 Å². The van der Waals surface area contributed by atoms with Gasteiger partial charge in [-0.3, -0.25) is 4.79 Å². The van der Waals surface area contributed by atoms with Crippen molar-refractivity contribution >= 4 is 32.8 Å². The summed E-state index contributed by atoms with van der Waals surface area (Å²) in [6.07, 6.45) is 1.32. The number of thiophene rings is 1. The molecule has 7 heteroatoms. The topological polar surface area (TPSA) is 76.4 Å². The highest BCUT2D eigenvalue weighted by molar-refractivity contribution is 7.90. The lowest BCUT2D eigenvalue weighted by Crippen LogP contribution is -2.14. The fourth-order valence-electron chi connectivity index (χ4n) is 2.09. The second-order valence-corrected chi connectivity index (χ2v) is 7.58. The zero-order valence-electron chi connectivity index (χ0n) is 11.9. The quantitative estimate of drug-likeness (QED) is 0.765. The standard InChI is InChI=1S/C16H13NO4S2/c18-16(17-13-7-9-22-10-13)15-12(6-8-21-15)11-23(19,20)14-4-2-1-3-5-14/h1-10H,11H2,(H,17,18). The Labute approximate surface area is 137 Å². The Kier molecular flexibility index (Phi) is 4.31. The molecule has 3 aromatic rings. The molecule has 23 heavy (non-hydrogen) atoms. The highest BCUT2D eigenvalue weighted by atomic mass is 32.2. The van der Waals surface area contributed by atoms with Crippen LogP contribution in [0.2, 0.25) is 0 Å². The summed E-state index contributed by atoms with van der Waals surface area (Å²) in [5.41, 5.74) is 0.981. The first kappa shape index (κ1) is 15.5. The fourth-order valence-corrected chi connectivity index (χ4v) is 4.05. The Balaban J connectivity index is 1.83. The van der Waals surface area contributed by atoms with Crippen molar-refractivity contribution in [2.24, 2.45) is 0 Å². The van der Waals surface area contributed by atoms with Gasteiger partial charge < -0.3 is 9.73 Å². The average molecular weight is 347 g/mol. The number of sulfone groups is 1. The SMILES string of the molecule is O=C(Nc1ccsc1)c1occc1CS(=O)(=O)c1ccccc1. The first-order valence-corrected chi connectivity index (χ1v) is 9.33. The van der Waals surface area contributed by atoms with Gasteiger partial charge in [-0.15, -0.1) is 0 Å². The summed E-state index contributed by atoms with van der Waals surface area (Å²) in [5, 5.41) is 6.28. The summed E-state index contributed by atoms with van der Waals surface area (Å²) in [6.45, 7) is 0. The molecule has 1 N–H and O–H groups in total. The van der Waals surface area contributed by atoms with Crippen molar-refractivity contribution in [1.29, 1.82) is 0 Å². The van der Waals surface area contributed by atoms with Crippen LogP contribution in [0.3, 0.4) is 0 Å². The third-order valence-corrected chi connectivity index (χ3v) is 5.54. The smallest absolute Gasteiger partial charge is 0.291 e. The number of carbonyl (C=O) groups excluding carboxylic acids is 1. The fraction of sp³-hybridized carbons (Fsp3) is 0.0625. The summed E-state index contributed by atoms with van der Waals surface area (Å²) in [6, 6.07) is 11.4. The molecule has 0 atom stereocenters. The van der Waals surface area contributed by atoms with E-state index >= 15 is 0 Å². The second-order valence-electron chi connectivity index (χ2n) is 4.81. The molecular weight excluding hydrogens is 334 g/mol. The Hall–Kier alpha value is -2.38. The van der Waals surface area contributed by atoms with Gasteiger partial charge >= 0.3 is 0 Å². The first-order chi connectivity index (χ1) is 11.1. The molecule has 1 amide bonds. The van der Waals surface area contributed by atoms with E-state index in [2.05, 4.69) is 5.32 Å². The van der Waals surface area contributed by atoms with E-state index < -0.39 is 15.7 Å². The molecule has 0 saturated carbocycles. The number of nitrogens with one attached hydrogen (secondary N) is 1. The third kappa shape index (κ3) is 3.52. The van der Waals surface area contributed by atoms with Gasteiger partial charge in [0, 0.05) is 10.9 Å². The lowest BCUT2D eigenvalue weighted by Gasteiger charge is -2.05. The molecule has 2 heterocycles. The number of carbonyl (C=O) groups is 1. The lowest BCUT2D eigenvalue weighted by molar-refractivity contribution is 0.0996. The second kappa shape index (κ2) is 6.39. The molecule has 118 valence electrons. The van der Waals surface area contributed by atoms with Crippen LogP contribution in [0, 0.1) is 0 Å². The van der Waals surface area contributed by atoms with Crippen LogP contribution in [0.15, 0.2) is 68.8 Å². The van der Waals surface area contributed by atoms with E-state index in [0.29, 0.717) is 11.3 Å². The number of hydrogen-bond donors (Lipinski definition) is 1. The average Bonchev–Trinajstić information content (AvgIpc) is 3.19. The summed E-state index contributed by atoms with van der Waals surface area (Å²) >= 11 is 1.45. The highest BCUT2D eigenvalue weighted by Crippen LogP contribution is 2.21. The highest BCUT2D eigenvalue weighted by Gasteiger charge is 2.22. The van der Waals surface area contributed by atoms with Crippen LogP contribution in [0.25, 0.3) is 0 Å². The van der Waals surface area contributed by atoms with Gasteiger partial charge in [-0.25, -0.2) is 8.42 Å². The van der Waals surface area contributed by atoms with Crippen LogP contribution >= 0.6 is 11.3 Å². The molecular formula is C16H13NO4S2. The molecule has 0 bridgehead atoms. The molecule has 0 spiro atoms. The van der Waals surface area contributed by atoms with Crippen molar-refractivity contribution in [3.8, 4) is 0 Å². The van der Waals surface area contributed by atoms with Gasteiger partial charge in [0.1, 0.15) is 0 Å². The van der Waals surface area contributed by atoms with Crippen LogP contribution in [0.5, 0.6) is 0 Å². The van der Waals surface area contributed by atoms with Crippen LogP contribution in [0.1, 0.15) is 16.1 Å². The molecule has 5 nitrogen and oxygen atoms in total. The Bertz CT molecular complexity index is 897. The van der Waals surface area contributed by atoms with Crippen molar-refractivity contribution in [3.63, 3.8) is 0 Å². The molecule has 0 radical (unpaired) electrons. The van der Waals surface area contributed by atoms with E-state index in [0.717, 1.165) is 0 Å². The van der Waals surface area contributed by atoms with E-state index in [1.165, 1.54) is 35.8 Å². The van der Waals surface area contributed by atoms with Crippen molar-refractivity contribution in [3.05, 3.63) is 70.8 Å². The molecule has 2 aromatic heterocycles. The largest absolute Gasteiger partial charge is 0.459 e. The first-order valence-electron chi connectivity index (χ1n) is 6.74. The van der Waals surface area contributed by atoms with Gasteiger partial charge in [0.2, 0.25) is 0 Å². The summed E-state index contributed by atoms with van der Waals surface area (Å²) in [7, 11) is -3.54. The number of hydrogen-bond acceptors (Lipinski definition) is 5. The third-order valence-electron chi connectivity index (χ3n) is 3.18. The van der Waals surface area contributed by atoms with E-state index in [1.54, 1.807) is 29.6 Å². The number of amides is 1. The normalized spacial score (nSPS) is 11.3. The van der Waals surface area contributed by atoms with Crippen molar-refractivity contribution in [2.75, 3.05) is 5.32 Å². The van der Waals surface area contributed by atoms with Crippen LogP contribution < -0.4 is 5.32 Å². The monoisotopic (exact) mass is 347 g/mol. The number of benzene rings is 1. The van der Waals surface area contributed by atoms with E-state index in [-0.39, 0.29) is 16.4 Å². The molecule has 3 rings (SSSR count). The predicted octanol–water partition coefficient (Wildman–Crippen LogP) is 3.57. The molecule has 0 aliphatic rings.